The van der Waals surface area contributed by atoms with Crippen molar-refractivity contribution in [2.24, 2.45) is 0 Å². The van der Waals surface area contributed by atoms with E-state index in [1.165, 1.54) is 0 Å². The van der Waals surface area contributed by atoms with Crippen molar-refractivity contribution in [3.05, 3.63) is 0 Å². The molecule has 0 spiro atoms. The number of rotatable bonds is 6. The van der Waals surface area contributed by atoms with Gasteiger partial charge in [0.15, 0.2) is 11.2 Å². The van der Waals surface area contributed by atoms with E-state index in [-0.39, 0.29) is 0 Å². The molecule has 0 saturated carbocycles. The molecule has 0 radical (unpaired) electrons. The molecule has 1 unspecified atom stereocenters. The summed E-state index contributed by atoms with van der Waals surface area (Å²) in [7, 11) is 0. The van der Waals surface area contributed by atoms with Gasteiger partial charge in [-0.3, -0.25) is 0 Å². The third-order valence-electron chi connectivity index (χ3n) is 7.02. The fourth-order valence-corrected chi connectivity index (χ4v) is 5.32. The summed E-state index contributed by atoms with van der Waals surface area (Å²) < 4.78 is 16.0. The van der Waals surface area contributed by atoms with Crippen LogP contribution < -0.4 is 0 Å². The highest BCUT2D eigenvalue weighted by atomic mass is 35.5. The van der Waals surface area contributed by atoms with Gasteiger partial charge in [0.2, 0.25) is 5.79 Å². The quantitative estimate of drug-likeness (QED) is 0.144. The van der Waals surface area contributed by atoms with Gasteiger partial charge in [-0.15, -0.1) is 11.6 Å². The Morgan fingerprint density at radius 1 is 0.647 bits per heavy atom. The molecular weight excluding hydrogens is 492 g/mol. The van der Waals surface area contributed by atoms with Crippen molar-refractivity contribution in [2.75, 3.05) is 26.4 Å². The predicted molar refractivity (Wildman–Crippen MR) is 105 cm³/mol. The molecule has 0 aromatic rings. The third kappa shape index (κ3) is 3.63. The van der Waals surface area contributed by atoms with Crippen molar-refractivity contribution in [1.82, 2.24) is 0 Å². The number of aliphatic hydroxyl groups is 12. The average Bonchev–Trinajstić information content (AvgIpc) is 3.09. The van der Waals surface area contributed by atoms with E-state index in [0.717, 1.165) is 0 Å². The van der Waals surface area contributed by atoms with Gasteiger partial charge in [-0.2, -0.15) is 0 Å². The van der Waals surface area contributed by atoms with Gasteiger partial charge in [-0.05, 0) is 0 Å². The Kier molecular flexibility index (Phi) is 8.20. The zero-order chi connectivity index (χ0) is 25.8. The first-order chi connectivity index (χ1) is 15.8. The summed E-state index contributed by atoms with van der Waals surface area (Å²) in [6, 6.07) is 0. The van der Waals surface area contributed by atoms with Gasteiger partial charge in [0.25, 0.3) is 0 Å². The molecule has 3 saturated heterocycles. The second-order valence-corrected chi connectivity index (χ2v) is 9.27. The molecule has 3 fully saturated rings. The summed E-state index contributed by atoms with van der Waals surface area (Å²) in [5.41, 5.74) is -6.59. The van der Waals surface area contributed by atoms with E-state index >= 15 is 0 Å². The lowest BCUT2D eigenvalue weighted by Crippen LogP contribution is -2.87. The number of hydrogen-bond acceptors (Lipinski definition) is 15. The second-order valence-electron chi connectivity index (χ2n) is 8.76. The van der Waals surface area contributed by atoms with E-state index in [0.29, 0.717) is 0 Å². The molecule has 12 N–H and O–H groups in total. The maximum atomic E-state index is 11.8. The van der Waals surface area contributed by atoms with Gasteiger partial charge < -0.3 is 75.5 Å². The molecule has 14 atom stereocenters. The summed E-state index contributed by atoms with van der Waals surface area (Å²) in [6.07, 6.45) is -20.7. The molecule has 16 heteroatoms. The molecule has 200 valence electrons. The first kappa shape index (κ1) is 28.3. The smallest absolute Gasteiger partial charge is 0.231 e. The lowest BCUT2D eigenvalue weighted by Gasteiger charge is -2.62. The minimum absolute atomic E-state index is 0.868. The van der Waals surface area contributed by atoms with Crippen LogP contribution >= 0.6 is 11.6 Å². The molecule has 0 aromatic heterocycles. The molecule has 0 aliphatic carbocycles. The van der Waals surface area contributed by atoms with E-state index in [1.54, 1.807) is 0 Å². The third-order valence-corrected chi connectivity index (χ3v) is 7.56. The first-order valence-electron chi connectivity index (χ1n) is 10.4. The normalized spacial score (nSPS) is 56.6. The molecular formula is C18H31ClO15. The Morgan fingerprint density at radius 3 is 1.62 bits per heavy atom. The topological polar surface area (TPSA) is 270 Å². The second kappa shape index (κ2) is 9.86. The van der Waals surface area contributed by atoms with Crippen LogP contribution in [0.15, 0.2) is 0 Å². The Balaban J connectivity index is 2.23. The molecule has 3 aliphatic heterocycles. The molecule has 0 amide bonds. The highest BCUT2D eigenvalue weighted by Crippen LogP contribution is 2.53. The first-order valence-corrected chi connectivity index (χ1v) is 10.9. The van der Waals surface area contributed by atoms with Crippen LogP contribution in [0.2, 0.25) is 0 Å². The van der Waals surface area contributed by atoms with Crippen LogP contribution in [0.5, 0.6) is 0 Å². The molecule has 3 aliphatic rings. The zero-order valence-electron chi connectivity index (χ0n) is 17.6. The van der Waals surface area contributed by atoms with E-state index in [2.05, 4.69) is 0 Å². The van der Waals surface area contributed by atoms with Crippen molar-refractivity contribution < 1.29 is 75.5 Å². The fourth-order valence-electron chi connectivity index (χ4n) is 5.03. The summed E-state index contributed by atoms with van der Waals surface area (Å²) >= 11 is 5.94. The van der Waals surface area contributed by atoms with E-state index in [4.69, 9.17) is 25.8 Å². The average molecular weight is 523 g/mol. The zero-order valence-corrected chi connectivity index (χ0v) is 18.4. The number of aliphatic hydroxyl groups excluding tert-OH is 10. The maximum Gasteiger partial charge on any atom is 0.231 e. The van der Waals surface area contributed by atoms with E-state index < -0.39 is 110 Å². The summed E-state index contributed by atoms with van der Waals surface area (Å²) in [4.78, 5) is 0. The summed E-state index contributed by atoms with van der Waals surface area (Å²) in [5.74, 6) is -3.53. The van der Waals surface area contributed by atoms with Gasteiger partial charge in [0.1, 0.15) is 61.0 Å². The minimum Gasteiger partial charge on any atom is -0.394 e. The lowest BCUT2D eigenvalue weighted by molar-refractivity contribution is -0.463. The molecule has 0 aromatic carbocycles. The van der Waals surface area contributed by atoms with Gasteiger partial charge in [0.05, 0.1) is 31.8 Å². The molecule has 34 heavy (non-hydrogen) atoms. The summed E-state index contributed by atoms with van der Waals surface area (Å²) in [6.45, 7) is -4.37. The molecule has 15 nitrogen and oxygen atoms in total. The number of halogens is 1. The van der Waals surface area contributed by atoms with Gasteiger partial charge in [-0.1, -0.05) is 0 Å². The van der Waals surface area contributed by atoms with Crippen LogP contribution in [0.25, 0.3) is 0 Å². The van der Waals surface area contributed by atoms with Crippen LogP contribution in [0.3, 0.4) is 0 Å². The van der Waals surface area contributed by atoms with E-state index in [9.17, 15) is 61.3 Å². The number of alkyl halides is 1. The van der Waals surface area contributed by atoms with Crippen molar-refractivity contribution >= 4 is 11.6 Å². The van der Waals surface area contributed by atoms with E-state index in [1.807, 2.05) is 0 Å². The van der Waals surface area contributed by atoms with Crippen LogP contribution in [0, 0.1) is 0 Å². The molecule has 3 rings (SSSR count). The fraction of sp³-hybridized carbons (Fsp3) is 1.00. The Morgan fingerprint density at radius 2 is 1.15 bits per heavy atom. The Hall–Kier alpha value is -0.310. The SMILES string of the molecule is OC[C@H]1OC(CO)([C@@]2(O)[C@@H](O)[C@@H](O)[C@@H](CO)O[C@]2(O)[C@H]2O[C@H](CO)[C@H](Cl)[C@H](O)[C@H]2O)[C@@H](O)[C@@H]1O. The van der Waals surface area contributed by atoms with Gasteiger partial charge in [-0.25, -0.2) is 0 Å². The highest BCUT2D eigenvalue weighted by molar-refractivity contribution is 6.21. The lowest BCUT2D eigenvalue weighted by atomic mass is 9.64. The molecule has 0 bridgehead atoms. The largest absolute Gasteiger partial charge is 0.394 e. The monoisotopic (exact) mass is 522 g/mol. The van der Waals surface area contributed by atoms with Crippen LogP contribution in [-0.4, -0.2) is 171 Å². The van der Waals surface area contributed by atoms with Crippen molar-refractivity contribution in [3.63, 3.8) is 0 Å². The van der Waals surface area contributed by atoms with Crippen molar-refractivity contribution in [2.45, 2.75) is 83.4 Å². The standard InChI is InChI=1S/C18H31ClO15/c19-8-5(1-20)32-15(12(27)11(8)26)18(31)17(30,14(29)10(25)7(3-22)34-18)16(4-23)13(28)9(24)6(2-21)33-16/h5-15,20-31H,1-4H2/t5-,6-,7-,8+,9-,10+,11+,12-,13+,14+,15+,16?,17+,18-/m1/s1. The Labute approximate surface area is 197 Å². The maximum absolute atomic E-state index is 11.8. The minimum atomic E-state index is -3.59. The number of hydrogen-bond donors (Lipinski definition) is 12. The van der Waals surface area contributed by atoms with Crippen LogP contribution in [0.1, 0.15) is 0 Å². The van der Waals surface area contributed by atoms with Crippen LogP contribution in [-0.2, 0) is 14.2 Å². The van der Waals surface area contributed by atoms with Crippen molar-refractivity contribution in [1.29, 1.82) is 0 Å². The Bertz CT molecular complexity index is 717. The molecule has 3 heterocycles. The van der Waals surface area contributed by atoms with Crippen LogP contribution in [0.4, 0.5) is 0 Å². The van der Waals surface area contributed by atoms with Crippen molar-refractivity contribution in [3.8, 4) is 0 Å². The predicted octanol–water partition coefficient (Wildman–Crippen LogP) is -7.55. The van der Waals surface area contributed by atoms with Gasteiger partial charge >= 0.3 is 0 Å². The van der Waals surface area contributed by atoms with Gasteiger partial charge in [0, 0.05) is 0 Å². The highest BCUT2D eigenvalue weighted by Gasteiger charge is 2.80. The summed E-state index contributed by atoms with van der Waals surface area (Å²) in [5, 5.41) is 124. The number of ether oxygens (including phenoxy) is 3.